The summed E-state index contributed by atoms with van der Waals surface area (Å²) in [6.45, 7) is 2.77. The highest BCUT2D eigenvalue weighted by atomic mass is 19.4. The van der Waals surface area contributed by atoms with Crippen LogP contribution in [0, 0.1) is 0 Å². The zero-order chi connectivity index (χ0) is 18.3. The maximum absolute atomic E-state index is 13.0. The lowest BCUT2D eigenvalue weighted by molar-refractivity contribution is -0.137. The fraction of sp³-hybridized carbons (Fsp3) is 0.222. The Kier molecular flexibility index (Phi) is 3.82. The average Bonchev–Trinajstić information content (AvgIpc) is 3.32. The van der Waals surface area contributed by atoms with Gasteiger partial charge in [-0.2, -0.15) is 13.2 Å². The van der Waals surface area contributed by atoms with Crippen LogP contribution in [0.25, 0.3) is 22.6 Å². The number of furan rings is 1. The zero-order valence-electron chi connectivity index (χ0n) is 13.9. The second-order valence-electron chi connectivity index (χ2n) is 5.83. The Hall–Kier alpha value is -3.03. The number of aryl methyl sites for hydroxylation is 1. The molecule has 134 valence electrons. The monoisotopic (exact) mass is 360 g/mol. The number of benzene rings is 1. The minimum Gasteiger partial charge on any atom is -0.461 e. The van der Waals surface area contributed by atoms with Crippen LogP contribution in [0.1, 0.15) is 18.3 Å². The molecule has 0 saturated carbocycles. The van der Waals surface area contributed by atoms with Gasteiger partial charge < -0.3 is 13.6 Å². The van der Waals surface area contributed by atoms with Crippen LogP contribution in [0.5, 0.6) is 0 Å². The van der Waals surface area contributed by atoms with Crippen LogP contribution in [0.3, 0.4) is 0 Å². The van der Waals surface area contributed by atoms with Gasteiger partial charge in [-0.3, -0.25) is 0 Å². The van der Waals surface area contributed by atoms with Gasteiger partial charge in [-0.15, -0.1) is 0 Å². The molecule has 0 N–H and O–H groups in total. The summed E-state index contributed by atoms with van der Waals surface area (Å²) in [6.07, 6.45) is 0.624. The van der Waals surface area contributed by atoms with E-state index in [4.69, 9.17) is 4.42 Å². The molecule has 0 atom stereocenters. The molecule has 8 heteroatoms. The van der Waals surface area contributed by atoms with E-state index in [1.807, 2.05) is 11.5 Å². The molecule has 0 bridgehead atoms. The smallest absolute Gasteiger partial charge is 0.416 e. The molecule has 0 amide bonds. The minimum absolute atomic E-state index is 0.375. The van der Waals surface area contributed by atoms with Crippen LogP contribution in [0.15, 0.2) is 53.4 Å². The van der Waals surface area contributed by atoms with Crippen LogP contribution >= 0.6 is 0 Å². The summed E-state index contributed by atoms with van der Waals surface area (Å²) in [6, 6.07) is 7.20. The number of alkyl halides is 3. The molecule has 3 aromatic heterocycles. The fourth-order valence-corrected chi connectivity index (χ4v) is 3.04. The number of rotatable bonds is 4. The molecule has 1 aromatic carbocycles. The fourth-order valence-electron chi connectivity index (χ4n) is 3.04. The summed E-state index contributed by atoms with van der Waals surface area (Å²) < 4.78 is 48.1. The first-order valence-electron chi connectivity index (χ1n) is 8.08. The molecular formula is C18H15F3N4O. The molecule has 5 nitrogen and oxygen atoms in total. The lowest BCUT2D eigenvalue weighted by atomic mass is 10.2. The van der Waals surface area contributed by atoms with Crippen LogP contribution in [0.4, 0.5) is 13.2 Å². The van der Waals surface area contributed by atoms with Gasteiger partial charge in [0, 0.05) is 18.9 Å². The number of fused-ring (bicyclic) bond motifs is 1. The highest BCUT2D eigenvalue weighted by molar-refractivity contribution is 5.77. The topological polar surface area (TPSA) is 48.8 Å². The van der Waals surface area contributed by atoms with Crippen molar-refractivity contribution in [3.05, 3.63) is 60.4 Å². The SMILES string of the molecule is CCn1c(Cn2ccnc2-c2ccco2)nc2ccc(C(F)(F)F)cc21. The van der Waals surface area contributed by atoms with Gasteiger partial charge >= 0.3 is 6.18 Å². The molecule has 0 aliphatic carbocycles. The molecule has 4 aromatic rings. The second-order valence-corrected chi connectivity index (χ2v) is 5.83. The molecular weight excluding hydrogens is 345 g/mol. The Balaban J connectivity index is 1.77. The summed E-state index contributed by atoms with van der Waals surface area (Å²) in [4.78, 5) is 8.81. The van der Waals surface area contributed by atoms with E-state index in [2.05, 4.69) is 9.97 Å². The van der Waals surface area contributed by atoms with Crippen molar-refractivity contribution in [3.63, 3.8) is 0 Å². The van der Waals surface area contributed by atoms with Crippen molar-refractivity contribution in [2.75, 3.05) is 0 Å². The standard InChI is InChI=1S/C18H15F3N4O/c1-2-25-14-10-12(18(19,20)21)5-6-13(14)23-16(25)11-24-8-7-22-17(24)15-4-3-9-26-15/h3-10H,2,11H2,1H3. The largest absolute Gasteiger partial charge is 0.461 e. The number of hydrogen-bond acceptors (Lipinski definition) is 3. The minimum atomic E-state index is -4.38. The molecule has 0 aliphatic heterocycles. The second kappa shape index (κ2) is 6.05. The Bertz CT molecular complexity index is 1040. The number of aromatic nitrogens is 4. The highest BCUT2D eigenvalue weighted by Crippen LogP contribution is 2.32. The third-order valence-electron chi connectivity index (χ3n) is 4.24. The molecule has 26 heavy (non-hydrogen) atoms. The van der Waals surface area contributed by atoms with E-state index in [0.29, 0.717) is 41.5 Å². The van der Waals surface area contributed by atoms with Gasteiger partial charge in [0.25, 0.3) is 0 Å². The summed E-state index contributed by atoms with van der Waals surface area (Å²) in [5, 5.41) is 0. The average molecular weight is 360 g/mol. The first kappa shape index (κ1) is 16.4. The predicted molar refractivity (Wildman–Crippen MR) is 89.4 cm³/mol. The number of halogens is 3. The van der Waals surface area contributed by atoms with Crippen LogP contribution in [-0.2, 0) is 19.3 Å². The Labute approximate surface area is 146 Å². The molecule has 0 unspecified atom stereocenters. The van der Waals surface area contributed by atoms with E-state index in [1.54, 1.807) is 35.4 Å². The van der Waals surface area contributed by atoms with Gasteiger partial charge in [0.15, 0.2) is 11.6 Å². The maximum Gasteiger partial charge on any atom is 0.416 e. The summed E-state index contributed by atoms with van der Waals surface area (Å²) in [5.41, 5.74) is 0.330. The van der Waals surface area contributed by atoms with Crippen molar-refractivity contribution in [1.82, 2.24) is 19.1 Å². The highest BCUT2D eigenvalue weighted by Gasteiger charge is 2.31. The van der Waals surface area contributed by atoms with E-state index in [0.717, 1.165) is 12.1 Å². The van der Waals surface area contributed by atoms with Gasteiger partial charge in [0.1, 0.15) is 5.82 Å². The van der Waals surface area contributed by atoms with Gasteiger partial charge in [-0.05, 0) is 37.3 Å². The Morgan fingerprint density at radius 2 is 2.04 bits per heavy atom. The van der Waals surface area contributed by atoms with Crippen LogP contribution < -0.4 is 0 Å². The van der Waals surface area contributed by atoms with Gasteiger partial charge in [0.2, 0.25) is 0 Å². The normalized spacial score (nSPS) is 12.2. The lowest BCUT2D eigenvalue weighted by Gasteiger charge is -2.10. The maximum atomic E-state index is 13.0. The van der Waals surface area contributed by atoms with E-state index >= 15 is 0 Å². The van der Waals surface area contributed by atoms with Crippen molar-refractivity contribution >= 4 is 11.0 Å². The molecule has 0 aliphatic rings. The van der Waals surface area contributed by atoms with Crippen molar-refractivity contribution in [2.45, 2.75) is 26.2 Å². The summed E-state index contributed by atoms with van der Waals surface area (Å²) >= 11 is 0. The third-order valence-corrected chi connectivity index (χ3v) is 4.24. The van der Waals surface area contributed by atoms with E-state index in [-0.39, 0.29) is 0 Å². The zero-order valence-corrected chi connectivity index (χ0v) is 13.9. The summed E-state index contributed by atoms with van der Waals surface area (Å²) in [5.74, 6) is 1.92. The van der Waals surface area contributed by atoms with Crippen molar-refractivity contribution in [1.29, 1.82) is 0 Å². The molecule has 0 radical (unpaired) electrons. The van der Waals surface area contributed by atoms with Crippen molar-refractivity contribution in [3.8, 4) is 11.6 Å². The molecule has 4 rings (SSSR count). The van der Waals surface area contributed by atoms with Crippen LogP contribution in [0.2, 0.25) is 0 Å². The first-order valence-corrected chi connectivity index (χ1v) is 8.08. The van der Waals surface area contributed by atoms with E-state index in [9.17, 15) is 13.2 Å². The molecule has 0 saturated heterocycles. The number of imidazole rings is 2. The van der Waals surface area contributed by atoms with Crippen LogP contribution in [-0.4, -0.2) is 19.1 Å². The molecule has 0 fully saturated rings. The summed E-state index contributed by atoms with van der Waals surface area (Å²) in [7, 11) is 0. The third kappa shape index (κ3) is 2.77. The van der Waals surface area contributed by atoms with Gasteiger partial charge in [-0.1, -0.05) is 0 Å². The van der Waals surface area contributed by atoms with Gasteiger partial charge in [-0.25, -0.2) is 9.97 Å². The van der Waals surface area contributed by atoms with Crippen molar-refractivity contribution < 1.29 is 17.6 Å². The lowest BCUT2D eigenvalue weighted by Crippen LogP contribution is -2.09. The number of nitrogens with zero attached hydrogens (tertiary/aromatic N) is 4. The molecule has 0 spiro atoms. The predicted octanol–water partition coefficient (Wildman–Crippen LogP) is 4.58. The first-order chi connectivity index (χ1) is 12.5. The number of hydrogen-bond donors (Lipinski definition) is 0. The molecule has 3 heterocycles. The van der Waals surface area contributed by atoms with E-state index in [1.165, 1.54) is 6.07 Å². The Morgan fingerprint density at radius 1 is 1.19 bits per heavy atom. The quantitative estimate of drug-likeness (QED) is 0.535. The van der Waals surface area contributed by atoms with Crippen molar-refractivity contribution in [2.24, 2.45) is 0 Å². The van der Waals surface area contributed by atoms with Gasteiger partial charge in [0.05, 0.1) is 29.4 Å². The van der Waals surface area contributed by atoms with E-state index < -0.39 is 11.7 Å². The Morgan fingerprint density at radius 3 is 2.73 bits per heavy atom.